The lowest BCUT2D eigenvalue weighted by Gasteiger charge is -2.17. The van der Waals surface area contributed by atoms with Gasteiger partial charge in [-0.2, -0.15) is 0 Å². The fraction of sp³-hybridized carbons (Fsp3) is 0.304. The molecule has 1 heterocycles. The lowest BCUT2D eigenvalue weighted by molar-refractivity contribution is -0.119. The lowest BCUT2D eigenvalue weighted by atomic mass is 9.98. The van der Waals surface area contributed by atoms with Crippen LogP contribution >= 0.6 is 11.8 Å². The van der Waals surface area contributed by atoms with E-state index in [-0.39, 0.29) is 5.56 Å². The largest absolute Gasteiger partial charge is 0.341 e. The molecule has 0 spiro atoms. The van der Waals surface area contributed by atoms with E-state index in [2.05, 4.69) is 29.5 Å². The Morgan fingerprint density at radius 2 is 1.77 bits per heavy atom. The van der Waals surface area contributed by atoms with Crippen LogP contribution in [-0.4, -0.2) is 33.8 Å². The van der Waals surface area contributed by atoms with Crippen LogP contribution in [-0.2, 0) is 4.79 Å². The first kappa shape index (κ1) is 22.6. The predicted molar refractivity (Wildman–Crippen MR) is 124 cm³/mol. The van der Waals surface area contributed by atoms with Crippen molar-refractivity contribution in [2.45, 2.75) is 43.5 Å². The molecule has 3 aromatic rings. The maximum atomic E-state index is 13.3. The summed E-state index contributed by atoms with van der Waals surface area (Å²) in [5, 5.41) is 4.86. The fourth-order valence-corrected chi connectivity index (χ4v) is 4.02. The second kappa shape index (κ2) is 9.78. The van der Waals surface area contributed by atoms with Crippen LogP contribution in [0.3, 0.4) is 0 Å². The molecule has 0 saturated carbocycles. The first-order valence-electron chi connectivity index (χ1n) is 10.2. The van der Waals surface area contributed by atoms with E-state index < -0.39 is 17.2 Å². The van der Waals surface area contributed by atoms with Gasteiger partial charge in [-0.15, -0.1) is 0 Å². The summed E-state index contributed by atoms with van der Waals surface area (Å²) >= 11 is 1.13. The molecule has 2 aromatic carbocycles. The highest BCUT2D eigenvalue weighted by Crippen LogP contribution is 2.26. The number of thioether (sulfide) groups is 1. The summed E-state index contributed by atoms with van der Waals surface area (Å²) in [5.41, 5.74) is 2.22. The smallest absolute Gasteiger partial charge is 0.321 e. The first-order valence-corrected chi connectivity index (χ1v) is 11.0. The second-order valence-electron chi connectivity index (χ2n) is 7.28. The van der Waals surface area contributed by atoms with Crippen LogP contribution < -0.4 is 16.2 Å². The van der Waals surface area contributed by atoms with Gasteiger partial charge in [0.2, 0.25) is 5.91 Å². The Morgan fingerprint density at radius 1 is 1.10 bits per heavy atom. The van der Waals surface area contributed by atoms with Crippen LogP contribution in [0.25, 0.3) is 16.6 Å². The molecule has 0 saturated heterocycles. The third kappa shape index (κ3) is 4.96. The van der Waals surface area contributed by atoms with Crippen molar-refractivity contribution in [2.24, 2.45) is 0 Å². The molecular weight excluding hydrogens is 412 g/mol. The molecule has 0 bridgehead atoms. The van der Waals surface area contributed by atoms with E-state index in [0.29, 0.717) is 27.7 Å². The quantitative estimate of drug-likeness (QED) is 0.451. The van der Waals surface area contributed by atoms with Crippen molar-refractivity contribution in [1.29, 1.82) is 0 Å². The molecule has 2 N–H and O–H groups in total. The highest BCUT2D eigenvalue weighted by atomic mass is 32.2. The van der Waals surface area contributed by atoms with Crippen molar-refractivity contribution in [3.05, 3.63) is 64.4 Å². The van der Waals surface area contributed by atoms with Gasteiger partial charge < -0.3 is 5.32 Å². The topological polar surface area (TPSA) is 93.1 Å². The number of urea groups is 1. The van der Waals surface area contributed by atoms with Crippen LogP contribution in [0.2, 0.25) is 0 Å². The minimum atomic E-state index is -0.643. The summed E-state index contributed by atoms with van der Waals surface area (Å²) in [6.45, 7) is 5.96. The molecule has 7 nitrogen and oxygen atoms in total. The number of rotatable bonds is 6. The average Bonchev–Trinajstić information content (AvgIpc) is 2.78. The van der Waals surface area contributed by atoms with Gasteiger partial charge in [0.25, 0.3) is 5.56 Å². The maximum absolute atomic E-state index is 13.3. The molecular formula is C23H26N4O3S. The van der Waals surface area contributed by atoms with E-state index in [1.165, 1.54) is 17.2 Å². The Labute approximate surface area is 185 Å². The number of imide groups is 1. The molecule has 0 radical (unpaired) electrons. The van der Waals surface area contributed by atoms with Gasteiger partial charge in [0.05, 0.1) is 21.8 Å². The standard InChI is InChI=1S/C23H26N4O3S/c1-5-14(2)16-10-12-17(13-11-16)27-21(29)18-8-6-7-9-19(18)25-23(27)31-15(3)20(28)26-22(30)24-4/h6-15H,5H2,1-4H3,(H2,24,26,28,30). The van der Waals surface area contributed by atoms with E-state index in [1.54, 1.807) is 25.1 Å². The van der Waals surface area contributed by atoms with Gasteiger partial charge in [-0.25, -0.2) is 9.78 Å². The second-order valence-corrected chi connectivity index (χ2v) is 8.59. The van der Waals surface area contributed by atoms with Crippen LogP contribution in [0.1, 0.15) is 38.7 Å². The van der Waals surface area contributed by atoms with Gasteiger partial charge >= 0.3 is 6.03 Å². The normalized spacial score (nSPS) is 12.9. The Kier molecular flexibility index (Phi) is 7.12. The molecule has 162 valence electrons. The van der Waals surface area contributed by atoms with Crippen LogP contribution in [0.4, 0.5) is 4.79 Å². The Balaban J connectivity index is 2.07. The molecule has 3 rings (SSSR count). The third-order valence-electron chi connectivity index (χ3n) is 5.19. The van der Waals surface area contributed by atoms with Gasteiger partial charge in [-0.1, -0.05) is 49.9 Å². The summed E-state index contributed by atoms with van der Waals surface area (Å²) in [7, 11) is 1.44. The molecule has 31 heavy (non-hydrogen) atoms. The number of hydrogen-bond acceptors (Lipinski definition) is 5. The van der Waals surface area contributed by atoms with Gasteiger partial charge in [-0.05, 0) is 49.1 Å². The van der Waals surface area contributed by atoms with Gasteiger partial charge in [-0.3, -0.25) is 19.5 Å². The van der Waals surface area contributed by atoms with Crippen molar-refractivity contribution in [1.82, 2.24) is 20.2 Å². The number of nitrogens with zero attached hydrogens (tertiary/aromatic N) is 2. The zero-order chi connectivity index (χ0) is 22.5. The number of carbonyl (C=O) groups is 2. The number of carbonyl (C=O) groups excluding carboxylic acids is 2. The summed E-state index contributed by atoms with van der Waals surface area (Å²) in [6, 6.07) is 14.4. The minimum absolute atomic E-state index is 0.205. The van der Waals surface area contributed by atoms with Gasteiger partial charge in [0.1, 0.15) is 0 Å². The van der Waals surface area contributed by atoms with Crippen molar-refractivity contribution >= 4 is 34.6 Å². The van der Waals surface area contributed by atoms with Crippen molar-refractivity contribution in [3.8, 4) is 5.69 Å². The van der Waals surface area contributed by atoms with Crippen molar-refractivity contribution < 1.29 is 9.59 Å². The summed E-state index contributed by atoms with van der Waals surface area (Å²) in [4.78, 5) is 41.8. The monoisotopic (exact) mass is 438 g/mol. The Bertz CT molecular complexity index is 1160. The molecule has 1 aromatic heterocycles. The number of hydrogen-bond donors (Lipinski definition) is 2. The van der Waals surface area contributed by atoms with Crippen LogP contribution in [0.15, 0.2) is 58.5 Å². The lowest BCUT2D eigenvalue weighted by Crippen LogP contribution is -2.41. The summed E-state index contributed by atoms with van der Waals surface area (Å²) < 4.78 is 1.52. The highest BCUT2D eigenvalue weighted by Gasteiger charge is 2.21. The average molecular weight is 439 g/mol. The Hall–Kier alpha value is -3.13. The van der Waals surface area contributed by atoms with E-state index in [1.807, 2.05) is 30.3 Å². The molecule has 2 unspecified atom stereocenters. The number of benzene rings is 2. The molecule has 0 aliphatic rings. The maximum Gasteiger partial charge on any atom is 0.321 e. The fourth-order valence-electron chi connectivity index (χ4n) is 3.09. The van der Waals surface area contributed by atoms with Crippen molar-refractivity contribution in [3.63, 3.8) is 0 Å². The third-order valence-corrected chi connectivity index (χ3v) is 6.25. The van der Waals surface area contributed by atoms with Gasteiger partial charge in [0.15, 0.2) is 5.16 Å². The molecule has 2 atom stereocenters. The van der Waals surface area contributed by atoms with Gasteiger partial charge in [0, 0.05) is 7.05 Å². The number of nitrogens with one attached hydrogen (secondary N) is 2. The predicted octanol–water partition coefficient (Wildman–Crippen LogP) is 3.84. The summed E-state index contributed by atoms with van der Waals surface area (Å²) in [5.74, 6) is -0.0480. The van der Waals surface area contributed by atoms with E-state index in [4.69, 9.17) is 0 Å². The zero-order valence-corrected chi connectivity index (χ0v) is 18.8. The SMILES string of the molecule is CCC(C)c1ccc(-n2c(SC(C)C(=O)NC(=O)NC)nc3ccccc3c2=O)cc1. The van der Waals surface area contributed by atoms with Crippen molar-refractivity contribution in [2.75, 3.05) is 7.05 Å². The first-order chi connectivity index (χ1) is 14.8. The molecule has 0 aliphatic carbocycles. The number of para-hydroxylation sites is 1. The van der Waals surface area contributed by atoms with Crippen LogP contribution in [0, 0.1) is 0 Å². The minimum Gasteiger partial charge on any atom is -0.341 e. The zero-order valence-electron chi connectivity index (χ0n) is 18.0. The molecule has 0 fully saturated rings. The van der Waals surface area contributed by atoms with E-state index in [9.17, 15) is 14.4 Å². The number of fused-ring (bicyclic) bond motifs is 1. The van der Waals surface area contributed by atoms with E-state index >= 15 is 0 Å². The Morgan fingerprint density at radius 3 is 2.42 bits per heavy atom. The van der Waals surface area contributed by atoms with E-state index in [0.717, 1.165) is 18.2 Å². The number of aromatic nitrogens is 2. The highest BCUT2D eigenvalue weighted by molar-refractivity contribution is 8.00. The summed E-state index contributed by atoms with van der Waals surface area (Å²) in [6.07, 6.45) is 1.02. The molecule has 0 aliphatic heterocycles. The molecule has 8 heteroatoms. The van der Waals surface area contributed by atoms with Crippen LogP contribution in [0.5, 0.6) is 0 Å². The number of amides is 3. The molecule has 3 amide bonds.